The smallest absolute Gasteiger partial charge is 0.255 e. The maximum Gasteiger partial charge on any atom is 0.255 e. The molecule has 0 spiro atoms. The Morgan fingerprint density at radius 2 is 1.81 bits per heavy atom. The fraction of sp³-hybridized carbons (Fsp3) is 0.550. The Hall–Kier alpha value is -2.21. The zero-order chi connectivity index (χ0) is 18.1. The highest BCUT2D eigenvalue weighted by atomic mass is 16.2. The minimum Gasteiger partial charge on any atom is -0.369 e. The zero-order valence-electron chi connectivity index (χ0n) is 15.0. The van der Waals surface area contributed by atoms with Gasteiger partial charge in [0.15, 0.2) is 5.78 Å². The number of hydrogen-bond donors (Lipinski definition) is 1. The lowest BCUT2D eigenvalue weighted by Crippen LogP contribution is -2.44. The number of carbonyl (C=O) groups is 3. The first-order valence-electron chi connectivity index (χ1n) is 9.58. The highest BCUT2D eigenvalue weighted by Crippen LogP contribution is 2.34. The first-order chi connectivity index (χ1) is 12.6. The molecule has 26 heavy (non-hydrogen) atoms. The van der Waals surface area contributed by atoms with E-state index in [1.54, 1.807) is 4.90 Å². The van der Waals surface area contributed by atoms with Crippen LogP contribution >= 0.6 is 0 Å². The molecule has 1 amide bonds. The lowest BCUT2D eigenvalue weighted by molar-refractivity contribution is -0.126. The maximum absolute atomic E-state index is 13.0. The van der Waals surface area contributed by atoms with Gasteiger partial charge in [0, 0.05) is 68.8 Å². The normalized spacial score (nSPS) is 24.5. The molecule has 0 radical (unpaired) electrons. The Morgan fingerprint density at radius 1 is 1.00 bits per heavy atom. The summed E-state index contributed by atoms with van der Waals surface area (Å²) in [6.07, 6.45) is 2.33. The van der Waals surface area contributed by atoms with Crippen LogP contribution in [-0.2, 0) is 16.1 Å². The number of anilines is 1. The summed E-state index contributed by atoms with van der Waals surface area (Å²) in [7, 11) is 0. The minimum atomic E-state index is -0.463. The molecule has 1 aromatic rings. The summed E-state index contributed by atoms with van der Waals surface area (Å²) in [5, 5.41) is 3.35. The number of carbonyl (C=O) groups excluding carboxylic acids is 3. The van der Waals surface area contributed by atoms with Crippen molar-refractivity contribution in [3.63, 3.8) is 0 Å². The van der Waals surface area contributed by atoms with Crippen molar-refractivity contribution in [2.75, 3.05) is 31.1 Å². The summed E-state index contributed by atoms with van der Waals surface area (Å²) in [4.78, 5) is 41.5. The van der Waals surface area contributed by atoms with E-state index in [2.05, 4.69) is 16.3 Å². The van der Waals surface area contributed by atoms with Gasteiger partial charge < -0.3 is 15.1 Å². The monoisotopic (exact) mass is 355 g/mol. The van der Waals surface area contributed by atoms with Crippen LogP contribution in [0.25, 0.3) is 0 Å². The molecule has 0 aromatic heterocycles. The number of rotatable bonds is 2. The number of hydrogen-bond acceptors (Lipinski definition) is 5. The summed E-state index contributed by atoms with van der Waals surface area (Å²) in [6.45, 7) is 4.18. The predicted octanol–water partition coefficient (Wildman–Crippen LogP) is 1.52. The molecular formula is C20H25N3O3. The Morgan fingerprint density at radius 3 is 2.62 bits per heavy atom. The van der Waals surface area contributed by atoms with Gasteiger partial charge in [0.25, 0.3) is 5.91 Å². The number of fused-ring (bicyclic) bond motifs is 1. The topological polar surface area (TPSA) is 69.7 Å². The molecule has 1 unspecified atom stereocenters. The molecule has 1 atom stereocenters. The largest absolute Gasteiger partial charge is 0.369 e. The van der Waals surface area contributed by atoms with Crippen LogP contribution in [0.1, 0.15) is 48.0 Å². The molecule has 4 rings (SSSR count). The second kappa shape index (κ2) is 7.19. The Labute approximate surface area is 153 Å². The van der Waals surface area contributed by atoms with E-state index in [0.717, 1.165) is 37.4 Å². The fourth-order valence-electron chi connectivity index (χ4n) is 4.33. The molecule has 2 fully saturated rings. The van der Waals surface area contributed by atoms with Crippen LogP contribution in [0, 0.1) is 0 Å². The molecule has 2 heterocycles. The van der Waals surface area contributed by atoms with Crippen LogP contribution in [0.4, 0.5) is 5.69 Å². The van der Waals surface area contributed by atoms with Crippen LogP contribution in [0.5, 0.6) is 0 Å². The summed E-state index contributed by atoms with van der Waals surface area (Å²) >= 11 is 0. The third-order valence-electron chi connectivity index (χ3n) is 5.75. The Bertz CT molecular complexity index is 740. The van der Waals surface area contributed by atoms with Crippen molar-refractivity contribution in [1.29, 1.82) is 0 Å². The van der Waals surface area contributed by atoms with Crippen molar-refractivity contribution in [3.8, 4) is 0 Å². The highest BCUT2D eigenvalue weighted by Gasteiger charge is 2.38. The SMILES string of the molecule is O=C1CCCC(=O)C(N2Cc3c(cccc3N3CCNCC3)C2=O)CC1. The van der Waals surface area contributed by atoms with Crippen molar-refractivity contribution in [3.05, 3.63) is 29.3 Å². The zero-order valence-corrected chi connectivity index (χ0v) is 15.0. The first-order valence-corrected chi connectivity index (χ1v) is 9.58. The van der Waals surface area contributed by atoms with Gasteiger partial charge >= 0.3 is 0 Å². The van der Waals surface area contributed by atoms with E-state index in [0.29, 0.717) is 44.2 Å². The van der Waals surface area contributed by atoms with Crippen molar-refractivity contribution in [2.45, 2.75) is 44.7 Å². The number of piperazine rings is 1. The molecule has 6 nitrogen and oxygen atoms in total. The third-order valence-corrected chi connectivity index (χ3v) is 5.75. The Balaban J connectivity index is 1.60. The molecule has 138 valence electrons. The van der Waals surface area contributed by atoms with E-state index in [1.165, 1.54) is 0 Å². The quantitative estimate of drug-likeness (QED) is 0.871. The molecule has 0 bridgehead atoms. The van der Waals surface area contributed by atoms with Gasteiger partial charge in [0.1, 0.15) is 5.78 Å². The van der Waals surface area contributed by atoms with E-state index in [1.807, 2.05) is 12.1 Å². The lowest BCUT2D eigenvalue weighted by Gasteiger charge is -2.31. The van der Waals surface area contributed by atoms with E-state index < -0.39 is 6.04 Å². The highest BCUT2D eigenvalue weighted by molar-refractivity contribution is 6.03. The number of nitrogens with one attached hydrogen (secondary N) is 1. The molecule has 1 saturated heterocycles. The van der Waals surface area contributed by atoms with Crippen molar-refractivity contribution >= 4 is 23.2 Å². The number of Topliss-reactive ketones (excluding diaryl/α,β-unsaturated/α-hetero) is 2. The minimum absolute atomic E-state index is 0.0663. The second-order valence-electron chi connectivity index (χ2n) is 7.39. The molecule has 6 heteroatoms. The number of benzene rings is 1. The summed E-state index contributed by atoms with van der Waals surface area (Å²) < 4.78 is 0. The van der Waals surface area contributed by atoms with Crippen LogP contribution in [0.3, 0.4) is 0 Å². The average Bonchev–Trinajstić information content (AvgIpc) is 2.98. The van der Waals surface area contributed by atoms with Crippen molar-refractivity contribution in [1.82, 2.24) is 10.2 Å². The second-order valence-corrected chi connectivity index (χ2v) is 7.39. The summed E-state index contributed by atoms with van der Waals surface area (Å²) in [5.74, 6) is 0.235. The standard InChI is InChI=1S/C20H25N3O3/c24-14-3-1-6-19(25)18(8-7-14)23-13-16-15(20(23)26)4-2-5-17(16)22-11-9-21-10-12-22/h2,4-5,18,21H,1,3,6-13H2. The van der Waals surface area contributed by atoms with Crippen molar-refractivity contribution < 1.29 is 14.4 Å². The van der Waals surface area contributed by atoms with Gasteiger partial charge in [-0.15, -0.1) is 0 Å². The van der Waals surface area contributed by atoms with Gasteiger partial charge in [-0.05, 0) is 25.0 Å². The number of ketones is 2. The number of nitrogens with zero attached hydrogens (tertiary/aromatic N) is 2. The van der Waals surface area contributed by atoms with E-state index in [-0.39, 0.29) is 17.5 Å². The van der Waals surface area contributed by atoms with Crippen LogP contribution < -0.4 is 10.2 Å². The molecule has 1 saturated carbocycles. The average molecular weight is 355 g/mol. The molecule has 1 aromatic carbocycles. The molecule has 3 aliphatic rings. The van der Waals surface area contributed by atoms with Gasteiger partial charge in [-0.2, -0.15) is 0 Å². The molecule has 1 aliphatic carbocycles. The first kappa shape index (κ1) is 17.2. The lowest BCUT2D eigenvalue weighted by atomic mass is 9.94. The summed E-state index contributed by atoms with van der Waals surface area (Å²) in [6, 6.07) is 5.41. The van der Waals surface area contributed by atoms with E-state index in [9.17, 15) is 14.4 Å². The van der Waals surface area contributed by atoms with E-state index >= 15 is 0 Å². The van der Waals surface area contributed by atoms with Crippen LogP contribution in [-0.4, -0.2) is 54.6 Å². The van der Waals surface area contributed by atoms with Gasteiger partial charge in [-0.1, -0.05) is 6.07 Å². The fourth-order valence-corrected chi connectivity index (χ4v) is 4.33. The van der Waals surface area contributed by atoms with Gasteiger partial charge in [0.2, 0.25) is 0 Å². The molecular weight excluding hydrogens is 330 g/mol. The number of amides is 1. The van der Waals surface area contributed by atoms with Crippen LogP contribution in [0.2, 0.25) is 0 Å². The van der Waals surface area contributed by atoms with Gasteiger partial charge in [0.05, 0.1) is 6.04 Å². The third kappa shape index (κ3) is 3.14. The summed E-state index contributed by atoms with van der Waals surface area (Å²) in [5.41, 5.74) is 2.84. The maximum atomic E-state index is 13.0. The Kier molecular flexibility index (Phi) is 4.76. The van der Waals surface area contributed by atoms with Gasteiger partial charge in [-0.3, -0.25) is 14.4 Å². The molecule has 2 aliphatic heterocycles. The van der Waals surface area contributed by atoms with Crippen molar-refractivity contribution in [2.24, 2.45) is 0 Å². The van der Waals surface area contributed by atoms with Crippen LogP contribution in [0.15, 0.2) is 18.2 Å². The van der Waals surface area contributed by atoms with E-state index in [4.69, 9.17) is 0 Å². The molecule has 1 N–H and O–H groups in total. The van der Waals surface area contributed by atoms with Gasteiger partial charge in [-0.25, -0.2) is 0 Å². The predicted molar refractivity (Wildman–Crippen MR) is 98.3 cm³/mol.